The van der Waals surface area contributed by atoms with Gasteiger partial charge in [0.15, 0.2) is 5.96 Å². The summed E-state index contributed by atoms with van der Waals surface area (Å²) in [5, 5.41) is 6.43. The lowest BCUT2D eigenvalue weighted by molar-refractivity contribution is 0.185. The van der Waals surface area contributed by atoms with Crippen LogP contribution >= 0.6 is 24.0 Å². The summed E-state index contributed by atoms with van der Waals surface area (Å²) < 4.78 is 18.7. The van der Waals surface area contributed by atoms with E-state index in [4.69, 9.17) is 4.74 Å². The minimum absolute atomic E-state index is 0. The van der Waals surface area contributed by atoms with Gasteiger partial charge in [-0.25, -0.2) is 4.39 Å². The Morgan fingerprint density at radius 3 is 2.12 bits per heavy atom. The van der Waals surface area contributed by atoms with Crippen molar-refractivity contribution in [3.63, 3.8) is 0 Å². The molecular weight excluding hydrogens is 432 g/mol. The zero-order valence-corrected chi connectivity index (χ0v) is 17.1. The fourth-order valence-corrected chi connectivity index (χ4v) is 2.26. The lowest BCUT2D eigenvalue weighted by Crippen LogP contribution is -2.36. The molecule has 0 spiro atoms. The van der Waals surface area contributed by atoms with Crippen LogP contribution in [0.3, 0.4) is 0 Å². The molecular formula is C19H25FIN3O. The highest BCUT2D eigenvalue weighted by Gasteiger charge is 2.02. The van der Waals surface area contributed by atoms with Gasteiger partial charge in [-0.1, -0.05) is 36.4 Å². The van der Waals surface area contributed by atoms with Gasteiger partial charge in [0.1, 0.15) is 5.82 Å². The van der Waals surface area contributed by atoms with E-state index in [0.717, 1.165) is 16.7 Å². The van der Waals surface area contributed by atoms with Gasteiger partial charge >= 0.3 is 0 Å². The topological polar surface area (TPSA) is 45.7 Å². The number of aliphatic imine (C=N–C) groups is 1. The summed E-state index contributed by atoms with van der Waals surface area (Å²) in [4.78, 5) is 4.19. The number of nitrogens with one attached hydrogen (secondary N) is 2. The molecule has 0 aliphatic rings. The zero-order chi connectivity index (χ0) is 17.4. The van der Waals surface area contributed by atoms with Crippen LogP contribution in [0.5, 0.6) is 0 Å². The molecule has 0 saturated carbocycles. The summed E-state index contributed by atoms with van der Waals surface area (Å²) in [5.41, 5.74) is 3.83. The highest BCUT2D eigenvalue weighted by Crippen LogP contribution is 2.09. The molecule has 0 aromatic heterocycles. The average molecular weight is 457 g/mol. The molecule has 0 radical (unpaired) electrons. The summed E-state index contributed by atoms with van der Waals surface area (Å²) in [5.74, 6) is 0.491. The van der Waals surface area contributed by atoms with Crippen molar-refractivity contribution >= 4 is 29.9 Å². The van der Waals surface area contributed by atoms with E-state index in [0.29, 0.717) is 31.2 Å². The summed E-state index contributed by atoms with van der Waals surface area (Å²) in [6.45, 7) is 3.55. The van der Waals surface area contributed by atoms with Crippen molar-refractivity contribution in [2.24, 2.45) is 4.99 Å². The number of aryl methyl sites for hydroxylation is 1. The first-order chi connectivity index (χ1) is 11.6. The van der Waals surface area contributed by atoms with E-state index in [1.54, 1.807) is 33.2 Å². The van der Waals surface area contributed by atoms with Crippen molar-refractivity contribution < 1.29 is 9.13 Å². The van der Waals surface area contributed by atoms with Gasteiger partial charge in [-0.15, -0.1) is 24.0 Å². The molecule has 2 rings (SSSR count). The Labute approximate surface area is 165 Å². The number of ether oxygens (including phenoxy) is 1. The number of halogens is 2. The molecule has 0 aliphatic heterocycles. The van der Waals surface area contributed by atoms with Crippen LogP contribution in [0.1, 0.15) is 22.3 Å². The van der Waals surface area contributed by atoms with Crippen LogP contribution in [0.4, 0.5) is 4.39 Å². The molecule has 0 unspecified atom stereocenters. The van der Waals surface area contributed by atoms with Gasteiger partial charge in [0, 0.05) is 27.2 Å². The van der Waals surface area contributed by atoms with Crippen LogP contribution in [-0.4, -0.2) is 20.1 Å². The number of hydrogen-bond acceptors (Lipinski definition) is 2. The second-order valence-corrected chi connectivity index (χ2v) is 5.61. The molecule has 136 valence electrons. The number of methoxy groups -OCH3 is 1. The largest absolute Gasteiger partial charge is 0.380 e. The maximum atomic E-state index is 13.6. The van der Waals surface area contributed by atoms with Crippen LogP contribution in [0.25, 0.3) is 0 Å². The van der Waals surface area contributed by atoms with Gasteiger partial charge in [-0.2, -0.15) is 0 Å². The predicted octanol–water partition coefficient (Wildman–Crippen LogP) is 3.76. The predicted molar refractivity (Wildman–Crippen MR) is 111 cm³/mol. The SMILES string of the molecule is CN=C(NCc1ccc(COC)cc1)NCc1ccc(C)c(F)c1.I. The van der Waals surface area contributed by atoms with E-state index in [2.05, 4.69) is 27.8 Å². The molecule has 0 atom stereocenters. The Morgan fingerprint density at radius 2 is 1.56 bits per heavy atom. The van der Waals surface area contributed by atoms with Crippen molar-refractivity contribution in [1.82, 2.24) is 10.6 Å². The summed E-state index contributed by atoms with van der Waals surface area (Å²) in [6.07, 6.45) is 0. The minimum Gasteiger partial charge on any atom is -0.380 e. The standard InChI is InChI=1S/C19H24FN3O.HI/c1-14-4-5-17(10-18(14)20)12-23-19(21-2)22-11-15-6-8-16(9-7-15)13-24-3;/h4-10H,11-13H2,1-3H3,(H2,21,22,23);1H. The number of nitrogens with zero attached hydrogens (tertiary/aromatic N) is 1. The van der Waals surface area contributed by atoms with E-state index in [1.165, 1.54) is 0 Å². The fraction of sp³-hybridized carbons (Fsp3) is 0.316. The Balaban J connectivity index is 0.00000312. The van der Waals surface area contributed by atoms with Crippen LogP contribution in [0.2, 0.25) is 0 Å². The van der Waals surface area contributed by atoms with Crippen LogP contribution < -0.4 is 10.6 Å². The van der Waals surface area contributed by atoms with E-state index in [-0.39, 0.29) is 29.8 Å². The van der Waals surface area contributed by atoms with Crippen LogP contribution in [-0.2, 0) is 24.4 Å². The molecule has 0 aliphatic carbocycles. The first-order valence-electron chi connectivity index (χ1n) is 7.88. The number of hydrogen-bond donors (Lipinski definition) is 2. The number of guanidine groups is 1. The quantitative estimate of drug-likeness (QED) is 0.395. The van der Waals surface area contributed by atoms with Gasteiger partial charge in [0.25, 0.3) is 0 Å². The van der Waals surface area contributed by atoms with Gasteiger partial charge in [-0.3, -0.25) is 4.99 Å². The van der Waals surface area contributed by atoms with Gasteiger partial charge in [0.2, 0.25) is 0 Å². The van der Waals surface area contributed by atoms with Crippen molar-refractivity contribution in [3.05, 3.63) is 70.5 Å². The van der Waals surface area contributed by atoms with Gasteiger partial charge in [0.05, 0.1) is 6.61 Å². The monoisotopic (exact) mass is 457 g/mol. The molecule has 6 heteroatoms. The second kappa shape index (κ2) is 11.0. The van der Waals surface area contributed by atoms with E-state index >= 15 is 0 Å². The highest BCUT2D eigenvalue weighted by molar-refractivity contribution is 14.0. The molecule has 0 heterocycles. The maximum Gasteiger partial charge on any atom is 0.191 e. The number of benzene rings is 2. The molecule has 25 heavy (non-hydrogen) atoms. The third-order valence-corrected chi connectivity index (χ3v) is 3.71. The minimum atomic E-state index is -0.187. The second-order valence-electron chi connectivity index (χ2n) is 5.61. The van der Waals surface area contributed by atoms with Crippen molar-refractivity contribution in [1.29, 1.82) is 0 Å². The Bertz CT molecular complexity index is 690. The van der Waals surface area contributed by atoms with Crippen LogP contribution in [0.15, 0.2) is 47.5 Å². The number of rotatable bonds is 6. The molecule has 0 bridgehead atoms. The lowest BCUT2D eigenvalue weighted by Gasteiger charge is -2.12. The summed E-state index contributed by atoms with van der Waals surface area (Å²) in [7, 11) is 3.40. The van der Waals surface area contributed by atoms with E-state index in [1.807, 2.05) is 18.2 Å². The Morgan fingerprint density at radius 1 is 1.00 bits per heavy atom. The van der Waals surface area contributed by atoms with E-state index < -0.39 is 0 Å². The first kappa shape index (κ1) is 21.4. The van der Waals surface area contributed by atoms with Gasteiger partial charge in [-0.05, 0) is 35.2 Å². The Hall–Kier alpha value is -1.67. The summed E-state index contributed by atoms with van der Waals surface area (Å²) in [6, 6.07) is 13.5. The molecule has 0 amide bonds. The van der Waals surface area contributed by atoms with Crippen molar-refractivity contribution in [2.45, 2.75) is 26.6 Å². The zero-order valence-electron chi connectivity index (χ0n) is 14.8. The average Bonchev–Trinajstić information content (AvgIpc) is 2.59. The van der Waals surface area contributed by atoms with Crippen molar-refractivity contribution in [3.8, 4) is 0 Å². The molecule has 0 fully saturated rings. The smallest absolute Gasteiger partial charge is 0.191 e. The third kappa shape index (κ3) is 6.99. The molecule has 2 aromatic rings. The third-order valence-electron chi connectivity index (χ3n) is 3.71. The van der Waals surface area contributed by atoms with Gasteiger partial charge < -0.3 is 15.4 Å². The molecule has 2 N–H and O–H groups in total. The maximum absolute atomic E-state index is 13.6. The van der Waals surface area contributed by atoms with Crippen molar-refractivity contribution in [2.75, 3.05) is 14.2 Å². The molecule has 2 aromatic carbocycles. The lowest BCUT2D eigenvalue weighted by atomic mass is 10.1. The Kier molecular flexibility index (Phi) is 9.44. The molecule has 4 nitrogen and oxygen atoms in total. The van der Waals surface area contributed by atoms with E-state index in [9.17, 15) is 4.39 Å². The normalized spacial score (nSPS) is 11.0. The highest BCUT2D eigenvalue weighted by atomic mass is 127. The molecule has 0 saturated heterocycles. The first-order valence-corrected chi connectivity index (χ1v) is 7.88. The van der Waals surface area contributed by atoms with Crippen LogP contribution in [0, 0.1) is 12.7 Å². The fourth-order valence-electron chi connectivity index (χ4n) is 2.26. The summed E-state index contributed by atoms with van der Waals surface area (Å²) >= 11 is 0.